The lowest BCUT2D eigenvalue weighted by atomic mass is 9.98. The van der Waals surface area contributed by atoms with E-state index in [0.29, 0.717) is 5.56 Å². The Kier molecular flexibility index (Phi) is 5.81. The van der Waals surface area contributed by atoms with Gasteiger partial charge in [-0.2, -0.15) is 5.26 Å². The molecule has 1 aliphatic heterocycles. The van der Waals surface area contributed by atoms with Gasteiger partial charge >= 0.3 is 0 Å². The van der Waals surface area contributed by atoms with E-state index < -0.39 is 0 Å². The van der Waals surface area contributed by atoms with Crippen LogP contribution in [0.5, 0.6) is 0 Å². The lowest BCUT2D eigenvalue weighted by molar-refractivity contribution is 1.17. The van der Waals surface area contributed by atoms with Gasteiger partial charge in [-0.05, 0) is 71.3 Å². The summed E-state index contributed by atoms with van der Waals surface area (Å²) in [7, 11) is 0. The van der Waals surface area contributed by atoms with Crippen LogP contribution in [-0.2, 0) is 0 Å². The molecular weight excluding hydrogens is 488 g/mol. The monoisotopic (exact) mass is 512 g/mol. The van der Waals surface area contributed by atoms with Crippen molar-refractivity contribution in [3.05, 3.63) is 151 Å². The van der Waals surface area contributed by atoms with Gasteiger partial charge in [0, 0.05) is 29.3 Å². The van der Waals surface area contributed by atoms with Gasteiger partial charge in [-0.25, -0.2) is 0 Å². The first-order valence-electron chi connectivity index (χ1n) is 13.2. The minimum absolute atomic E-state index is 0.622. The molecule has 0 radical (unpaired) electrons. The highest BCUT2D eigenvalue weighted by molar-refractivity contribution is 6.01. The third-order valence-corrected chi connectivity index (χ3v) is 7.32. The minimum Gasteiger partial charge on any atom is -0.306 e. The summed E-state index contributed by atoms with van der Waals surface area (Å²) in [4.78, 5) is 8.89. The number of hydrogen-bond acceptors (Lipinski definition) is 4. The first-order valence-corrected chi connectivity index (χ1v) is 13.2. The van der Waals surface area contributed by atoms with Gasteiger partial charge in [0.1, 0.15) is 0 Å². The van der Waals surface area contributed by atoms with E-state index in [2.05, 4.69) is 148 Å². The van der Waals surface area contributed by atoms with Crippen LogP contribution < -0.4 is 9.80 Å². The summed E-state index contributed by atoms with van der Waals surface area (Å²) < 4.78 is 0. The third kappa shape index (κ3) is 3.98. The molecule has 0 aliphatic carbocycles. The molecule has 1 aromatic heterocycles. The molecular formula is C36H24N4. The van der Waals surface area contributed by atoms with Crippen LogP contribution in [0.15, 0.2) is 146 Å². The first kappa shape index (κ1) is 23.5. The normalized spacial score (nSPS) is 11.9. The summed E-state index contributed by atoms with van der Waals surface area (Å²) in [5.41, 5.74) is 11.4. The van der Waals surface area contributed by atoms with Crippen LogP contribution in [-0.4, -0.2) is 4.98 Å². The van der Waals surface area contributed by atoms with Gasteiger partial charge in [0.05, 0.1) is 34.4 Å². The predicted molar refractivity (Wildman–Crippen MR) is 163 cm³/mol. The molecule has 40 heavy (non-hydrogen) atoms. The molecule has 5 aromatic carbocycles. The lowest BCUT2D eigenvalue weighted by Crippen LogP contribution is -2.23. The molecule has 0 saturated carbocycles. The van der Waals surface area contributed by atoms with Crippen molar-refractivity contribution in [1.29, 1.82) is 5.26 Å². The largest absolute Gasteiger partial charge is 0.306 e. The zero-order chi connectivity index (χ0) is 26.9. The summed E-state index contributed by atoms with van der Waals surface area (Å²) in [6.07, 6.45) is 3.40. The topological polar surface area (TPSA) is 43.2 Å². The second-order valence-electron chi connectivity index (χ2n) is 9.64. The fraction of sp³-hybridized carbons (Fsp3) is 0. The zero-order valence-electron chi connectivity index (χ0n) is 21.6. The van der Waals surface area contributed by atoms with Crippen molar-refractivity contribution >= 4 is 34.1 Å². The van der Waals surface area contributed by atoms with Crippen LogP contribution in [0, 0.1) is 11.3 Å². The summed E-state index contributed by atoms with van der Waals surface area (Å²) in [5, 5.41) is 9.50. The van der Waals surface area contributed by atoms with Crippen LogP contribution >= 0.6 is 0 Å². The molecule has 0 bridgehead atoms. The maximum absolute atomic E-state index is 9.50. The fourth-order valence-electron chi connectivity index (χ4n) is 5.47. The Balaban J connectivity index is 1.32. The highest BCUT2D eigenvalue weighted by atomic mass is 15.3. The second-order valence-corrected chi connectivity index (χ2v) is 9.64. The molecule has 4 heteroatoms. The van der Waals surface area contributed by atoms with Crippen LogP contribution in [0.2, 0.25) is 0 Å². The number of fused-ring (bicyclic) bond motifs is 2. The zero-order valence-corrected chi connectivity index (χ0v) is 21.6. The van der Waals surface area contributed by atoms with E-state index >= 15 is 0 Å². The Labute approximate surface area is 233 Å². The van der Waals surface area contributed by atoms with Crippen molar-refractivity contribution in [3.63, 3.8) is 0 Å². The Morgan fingerprint density at radius 1 is 0.500 bits per heavy atom. The van der Waals surface area contributed by atoms with Crippen LogP contribution in [0.1, 0.15) is 5.56 Å². The molecule has 7 rings (SSSR count). The number of anilines is 6. The van der Waals surface area contributed by atoms with E-state index in [1.54, 1.807) is 18.5 Å². The van der Waals surface area contributed by atoms with Crippen molar-refractivity contribution in [2.75, 3.05) is 9.80 Å². The van der Waals surface area contributed by atoms with Gasteiger partial charge in [0.25, 0.3) is 0 Å². The number of aromatic nitrogens is 1. The Morgan fingerprint density at radius 3 is 1.68 bits per heavy atom. The Bertz CT molecular complexity index is 1820. The van der Waals surface area contributed by atoms with E-state index in [1.807, 2.05) is 0 Å². The van der Waals surface area contributed by atoms with Crippen LogP contribution in [0.3, 0.4) is 0 Å². The number of pyridine rings is 1. The molecule has 0 unspecified atom stereocenters. The van der Waals surface area contributed by atoms with Crippen LogP contribution in [0.4, 0.5) is 34.1 Å². The third-order valence-electron chi connectivity index (χ3n) is 7.32. The fourth-order valence-corrected chi connectivity index (χ4v) is 5.47. The van der Waals surface area contributed by atoms with Gasteiger partial charge in [-0.3, -0.25) is 4.98 Å². The molecule has 6 aromatic rings. The molecule has 1 aliphatic rings. The number of rotatable bonds is 4. The summed E-state index contributed by atoms with van der Waals surface area (Å²) in [5.74, 6) is 0. The standard InChI is InChI=1S/C36H24N4/c37-24-29-21-22-38-25-32(29)27-19-17-26(18-20-27)28-9-8-12-31(23-28)40-35-15-6-4-13-33(35)39(30-10-2-1-3-11-30)34-14-5-7-16-36(34)40/h1-23,25H. The summed E-state index contributed by atoms with van der Waals surface area (Å²) in [6, 6.07) is 48.6. The molecule has 0 fully saturated rings. The van der Waals surface area contributed by atoms with Crippen molar-refractivity contribution in [2.24, 2.45) is 0 Å². The Hall–Kier alpha value is -5.66. The molecule has 188 valence electrons. The van der Waals surface area contributed by atoms with E-state index in [0.717, 1.165) is 56.4 Å². The van der Waals surface area contributed by atoms with Gasteiger partial charge in [0.2, 0.25) is 0 Å². The molecule has 0 saturated heterocycles. The smallest absolute Gasteiger partial charge is 0.0999 e. The quantitative estimate of drug-likeness (QED) is 0.235. The molecule has 0 N–H and O–H groups in total. The van der Waals surface area contributed by atoms with E-state index in [9.17, 15) is 5.26 Å². The van der Waals surface area contributed by atoms with Crippen LogP contribution in [0.25, 0.3) is 22.3 Å². The number of nitriles is 1. The highest BCUT2D eigenvalue weighted by Crippen LogP contribution is 2.54. The highest BCUT2D eigenvalue weighted by Gasteiger charge is 2.29. The second kappa shape index (κ2) is 9.90. The summed E-state index contributed by atoms with van der Waals surface area (Å²) in [6.45, 7) is 0. The molecule has 4 nitrogen and oxygen atoms in total. The van der Waals surface area contributed by atoms with Gasteiger partial charge in [0.15, 0.2) is 0 Å². The van der Waals surface area contributed by atoms with E-state index in [1.165, 1.54) is 0 Å². The van der Waals surface area contributed by atoms with Gasteiger partial charge in [-0.1, -0.05) is 78.9 Å². The number of benzene rings is 5. The van der Waals surface area contributed by atoms with Crippen molar-refractivity contribution in [1.82, 2.24) is 4.98 Å². The Morgan fingerprint density at radius 2 is 1.05 bits per heavy atom. The maximum Gasteiger partial charge on any atom is 0.0999 e. The van der Waals surface area contributed by atoms with Crippen molar-refractivity contribution in [3.8, 4) is 28.3 Å². The number of para-hydroxylation sites is 5. The average Bonchev–Trinajstić information content (AvgIpc) is 3.04. The SMILES string of the molecule is N#Cc1ccncc1-c1ccc(-c2cccc(N3c4ccccc4N(c4ccccc4)c4ccccc43)c2)cc1. The predicted octanol–water partition coefficient (Wildman–Crippen LogP) is 9.54. The van der Waals surface area contributed by atoms with Crippen molar-refractivity contribution < 1.29 is 0 Å². The van der Waals surface area contributed by atoms with E-state index in [4.69, 9.17) is 0 Å². The molecule has 0 atom stereocenters. The van der Waals surface area contributed by atoms with E-state index in [-0.39, 0.29) is 0 Å². The molecule has 0 spiro atoms. The van der Waals surface area contributed by atoms with Gasteiger partial charge < -0.3 is 9.80 Å². The number of nitrogens with zero attached hydrogens (tertiary/aromatic N) is 4. The first-order chi connectivity index (χ1) is 19.8. The molecule has 0 amide bonds. The number of hydrogen-bond donors (Lipinski definition) is 0. The average molecular weight is 513 g/mol. The van der Waals surface area contributed by atoms with Crippen molar-refractivity contribution in [2.45, 2.75) is 0 Å². The maximum atomic E-state index is 9.50. The minimum atomic E-state index is 0.622. The summed E-state index contributed by atoms with van der Waals surface area (Å²) >= 11 is 0. The molecule has 2 heterocycles. The lowest BCUT2D eigenvalue weighted by Gasteiger charge is -2.40. The van der Waals surface area contributed by atoms with Gasteiger partial charge in [-0.15, -0.1) is 0 Å².